The number of carbonyl (C=O) groups excluding carboxylic acids is 1. The fraction of sp³-hybridized carbons (Fsp3) is 0.533. The monoisotopic (exact) mass is 282 g/mol. The second kappa shape index (κ2) is 6.79. The Kier molecular flexibility index (Phi) is 5.06. The number of carbonyl (C=O) groups is 1. The highest BCUT2D eigenvalue weighted by atomic mass is 19.3. The van der Waals surface area contributed by atoms with Crippen molar-refractivity contribution >= 4 is 5.91 Å². The standard InChI is InChI=1S/C15H20F2N2O/c1-2-14-18-12(15(20)19(14)10-13(16)17)9-8-11-6-4-3-5-7-11/h3-7,12-14,18H,2,8-10H2,1H3. The first kappa shape index (κ1) is 14.9. The zero-order valence-corrected chi connectivity index (χ0v) is 11.6. The molecule has 0 bridgehead atoms. The molecule has 1 saturated heterocycles. The second-order valence-electron chi connectivity index (χ2n) is 5.05. The van der Waals surface area contributed by atoms with Gasteiger partial charge in [-0.05, 0) is 24.8 Å². The van der Waals surface area contributed by atoms with Crippen molar-refractivity contribution in [3.63, 3.8) is 0 Å². The average molecular weight is 282 g/mol. The van der Waals surface area contributed by atoms with E-state index in [-0.39, 0.29) is 18.1 Å². The minimum atomic E-state index is -2.48. The summed E-state index contributed by atoms with van der Waals surface area (Å²) in [6.45, 7) is 1.41. The van der Waals surface area contributed by atoms with Gasteiger partial charge in [-0.25, -0.2) is 8.78 Å². The number of rotatable bonds is 6. The molecule has 2 atom stereocenters. The highest BCUT2D eigenvalue weighted by Gasteiger charge is 2.38. The van der Waals surface area contributed by atoms with Crippen LogP contribution in [0.5, 0.6) is 0 Å². The van der Waals surface area contributed by atoms with Gasteiger partial charge in [-0.2, -0.15) is 0 Å². The molecule has 3 nitrogen and oxygen atoms in total. The Hall–Kier alpha value is -1.49. The lowest BCUT2D eigenvalue weighted by Gasteiger charge is -2.22. The molecule has 0 radical (unpaired) electrons. The number of alkyl halides is 2. The van der Waals surface area contributed by atoms with Gasteiger partial charge in [0.15, 0.2) is 0 Å². The normalized spacial score (nSPS) is 22.8. The van der Waals surface area contributed by atoms with E-state index in [1.54, 1.807) is 0 Å². The van der Waals surface area contributed by atoms with Gasteiger partial charge in [0.1, 0.15) is 0 Å². The number of nitrogens with zero attached hydrogens (tertiary/aromatic N) is 1. The van der Waals surface area contributed by atoms with E-state index in [1.165, 1.54) is 4.90 Å². The third kappa shape index (κ3) is 3.54. The van der Waals surface area contributed by atoms with Gasteiger partial charge < -0.3 is 4.90 Å². The maximum absolute atomic E-state index is 12.5. The van der Waals surface area contributed by atoms with Crippen LogP contribution in [0.25, 0.3) is 0 Å². The predicted molar refractivity (Wildman–Crippen MR) is 73.5 cm³/mol. The minimum Gasteiger partial charge on any atom is -0.320 e. The van der Waals surface area contributed by atoms with Gasteiger partial charge in [0.2, 0.25) is 5.91 Å². The molecule has 1 aliphatic heterocycles. The summed E-state index contributed by atoms with van der Waals surface area (Å²) in [4.78, 5) is 13.4. The van der Waals surface area contributed by atoms with E-state index in [0.29, 0.717) is 12.8 Å². The number of hydrogen-bond acceptors (Lipinski definition) is 2. The average Bonchev–Trinajstić information content (AvgIpc) is 2.74. The van der Waals surface area contributed by atoms with Crippen molar-refractivity contribution in [3.8, 4) is 0 Å². The maximum Gasteiger partial charge on any atom is 0.255 e. The quantitative estimate of drug-likeness (QED) is 0.869. The van der Waals surface area contributed by atoms with Crippen LogP contribution in [0.4, 0.5) is 8.78 Å². The Bertz CT molecular complexity index is 439. The maximum atomic E-state index is 12.5. The van der Waals surface area contributed by atoms with Gasteiger partial charge in [0.25, 0.3) is 6.43 Å². The molecule has 1 aromatic rings. The first-order chi connectivity index (χ1) is 9.61. The van der Waals surface area contributed by atoms with E-state index in [4.69, 9.17) is 0 Å². The molecule has 1 aromatic carbocycles. The lowest BCUT2D eigenvalue weighted by Crippen LogP contribution is -2.39. The van der Waals surface area contributed by atoms with Crippen molar-refractivity contribution in [3.05, 3.63) is 35.9 Å². The minimum absolute atomic E-state index is 0.201. The molecule has 110 valence electrons. The summed E-state index contributed by atoms with van der Waals surface area (Å²) in [7, 11) is 0. The Morgan fingerprint density at radius 1 is 1.30 bits per heavy atom. The van der Waals surface area contributed by atoms with Gasteiger partial charge in [-0.3, -0.25) is 10.1 Å². The Balaban J connectivity index is 1.94. The first-order valence-corrected chi connectivity index (χ1v) is 7.00. The molecular formula is C15H20F2N2O. The van der Waals surface area contributed by atoms with Gasteiger partial charge in [0.05, 0.1) is 18.8 Å². The van der Waals surface area contributed by atoms with Crippen molar-refractivity contribution < 1.29 is 13.6 Å². The SMILES string of the molecule is CCC1NC(CCc2ccccc2)C(=O)N1CC(F)F. The Labute approximate surface area is 118 Å². The molecule has 1 heterocycles. The number of aryl methyl sites for hydroxylation is 1. The summed E-state index contributed by atoms with van der Waals surface area (Å²) in [6, 6.07) is 9.52. The smallest absolute Gasteiger partial charge is 0.255 e. The van der Waals surface area contributed by atoms with Crippen molar-refractivity contribution in [2.45, 2.75) is 44.8 Å². The van der Waals surface area contributed by atoms with E-state index in [9.17, 15) is 13.6 Å². The van der Waals surface area contributed by atoms with Crippen LogP contribution in [0.3, 0.4) is 0 Å². The first-order valence-electron chi connectivity index (χ1n) is 7.00. The van der Waals surface area contributed by atoms with E-state index in [2.05, 4.69) is 5.32 Å². The summed E-state index contributed by atoms with van der Waals surface area (Å²) >= 11 is 0. The predicted octanol–water partition coefficient (Wildman–Crippen LogP) is 2.42. The second-order valence-corrected chi connectivity index (χ2v) is 5.05. The third-order valence-corrected chi connectivity index (χ3v) is 3.64. The number of halogens is 2. The molecule has 1 N–H and O–H groups in total. The fourth-order valence-electron chi connectivity index (χ4n) is 2.61. The van der Waals surface area contributed by atoms with Gasteiger partial charge >= 0.3 is 0 Å². The fourth-order valence-corrected chi connectivity index (χ4v) is 2.61. The van der Waals surface area contributed by atoms with Crippen molar-refractivity contribution in [1.82, 2.24) is 10.2 Å². The molecule has 0 aromatic heterocycles. The van der Waals surface area contributed by atoms with Crippen LogP contribution < -0.4 is 5.32 Å². The third-order valence-electron chi connectivity index (χ3n) is 3.64. The van der Waals surface area contributed by atoms with Crippen molar-refractivity contribution in [2.24, 2.45) is 0 Å². The largest absolute Gasteiger partial charge is 0.320 e. The zero-order chi connectivity index (χ0) is 14.5. The summed E-state index contributed by atoms with van der Waals surface area (Å²) in [5.74, 6) is -0.201. The van der Waals surface area contributed by atoms with Crippen LogP contribution in [-0.4, -0.2) is 36.0 Å². The molecule has 1 fully saturated rings. The number of hydrogen-bond donors (Lipinski definition) is 1. The van der Waals surface area contributed by atoms with Crippen LogP contribution in [0.15, 0.2) is 30.3 Å². The summed E-state index contributed by atoms with van der Waals surface area (Å²) in [5.41, 5.74) is 1.16. The van der Waals surface area contributed by atoms with Crippen molar-refractivity contribution in [1.29, 1.82) is 0 Å². The summed E-state index contributed by atoms with van der Waals surface area (Å²) in [6.07, 6.45) is -0.706. The molecule has 5 heteroatoms. The van der Waals surface area contributed by atoms with Gasteiger partial charge in [0, 0.05) is 0 Å². The van der Waals surface area contributed by atoms with Crippen LogP contribution in [0.2, 0.25) is 0 Å². The molecule has 20 heavy (non-hydrogen) atoms. The molecule has 2 rings (SSSR count). The van der Waals surface area contributed by atoms with Crippen LogP contribution in [-0.2, 0) is 11.2 Å². The number of benzene rings is 1. The molecular weight excluding hydrogens is 262 g/mol. The zero-order valence-electron chi connectivity index (χ0n) is 11.6. The molecule has 1 amide bonds. The Morgan fingerprint density at radius 2 is 2.00 bits per heavy atom. The van der Waals surface area contributed by atoms with Crippen LogP contribution in [0.1, 0.15) is 25.3 Å². The molecule has 0 saturated carbocycles. The lowest BCUT2D eigenvalue weighted by atomic mass is 10.1. The molecule has 0 aliphatic carbocycles. The number of amides is 1. The van der Waals surface area contributed by atoms with Crippen LogP contribution >= 0.6 is 0 Å². The van der Waals surface area contributed by atoms with Crippen molar-refractivity contribution in [2.75, 3.05) is 6.54 Å². The summed E-state index contributed by atoms with van der Waals surface area (Å²) in [5, 5.41) is 3.16. The van der Waals surface area contributed by atoms with Gasteiger partial charge in [-0.1, -0.05) is 37.3 Å². The van der Waals surface area contributed by atoms with E-state index in [0.717, 1.165) is 12.0 Å². The summed E-state index contributed by atoms with van der Waals surface area (Å²) < 4.78 is 25.1. The van der Waals surface area contributed by atoms with E-state index < -0.39 is 13.0 Å². The highest BCUT2D eigenvalue weighted by Crippen LogP contribution is 2.18. The van der Waals surface area contributed by atoms with Crippen LogP contribution in [0, 0.1) is 0 Å². The van der Waals surface area contributed by atoms with E-state index in [1.807, 2.05) is 37.3 Å². The lowest BCUT2D eigenvalue weighted by molar-refractivity contribution is -0.132. The molecule has 2 unspecified atom stereocenters. The van der Waals surface area contributed by atoms with Gasteiger partial charge in [-0.15, -0.1) is 0 Å². The topological polar surface area (TPSA) is 32.3 Å². The molecule has 0 spiro atoms. The molecule has 1 aliphatic rings. The Morgan fingerprint density at radius 3 is 2.60 bits per heavy atom. The number of nitrogens with one attached hydrogen (secondary N) is 1. The highest BCUT2D eigenvalue weighted by molar-refractivity contribution is 5.84. The van der Waals surface area contributed by atoms with E-state index >= 15 is 0 Å².